The molecule has 1 saturated heterocycles. The largest absolute Gasteiger partial charge is 0.573 e. The van der Waals surface area contributed by atoms with E-state index in [9.17, 15) is 13.2 Å². The summed E-state index contributed by atoms with van der Waals surface area (Å²) < 4.78 is 46.0. The van der Waals surface area contributed by atoms with Crippen molar-refractivity contribution in [2.45, 2.75) is 44.1 Å². The van der Waals surface area contributed by atoms with Crippen LogP contribution in [0.5, 0.6) is 5.75 Å². The molecular weight excluding hydrogens is 333 g/mol. The molecule has 2 fully saturated rings. The minimum atomic E-state index is -4.64. The van der Waals surface area contributed by atoms with Gasteiger partial charge in [-0.05, 0) is 49.4 Å². The van der Waals surface area contributed by atoms with Crippen LogP contribution in [-0.4, -0.2) is 44.7 Å². The standard InChI is InChI=1S/C18H25F3N2O2/c19-18(20,21)25-14-6-4-13(5-7-14)8-9-22-16-3-1-2-15(16)17-12-24-11-10-23-17/h4-7,15-17,22-23H,1-3,8-12H2. The van der Waals surface area contributed by atoms with Gasteiger partial charge in [0.15, 0.2) is 0 Å². The van der Waals surface area contributed by atoms with E-state index in [1.807, 2.05) is 0 Å². The molecule has 3 unspecified atom stereocenters. The number of benzene rings is 1. The van der Waals surface area contributed by atoms with Gasteiger partial charge in [-0.15, -0.1) is 13.2 Å². The second kappa shape index (κ2) is 8.38. The molecule has 25 heavy (non-hydrogen) atoms. The molecule has 1 saturated carbocycles. The van der Waals surface area contributed by atoms with E-state index in [2.05, 4.69) is 15.4 Å². The molecule has 1 aromatic rings. The first kappa shape index (κ1) is 18.5. The quantitative estimate of drug-likeness (QED) is 0.821. The number of halogens is 3. The molecule has 1 aromatic carbocycles. The number of alkyl halides is 3. The highest BCUT2D eigenvalue weighted by molar-refractivity contribution is 5.27. The molecule has 0 bridgehead atoms. The van der Waals surface area contributed by atoms with Gasteiger partial charge in [0.2, 0.25) is 0 Å². The molecule has 2 N–H and O–H groups in total. The Balaban J connectivity index is 1.44. The second-order valence-corrected chi connectivity index (χ2v) is 6.73. The van der Waals surface area contributed by atoms with Crippen LogP contribution < -0.4 is 15.4 Å². The highest BCUT2D eigenvalue weighted by atomic mass is 19.4. The molecule has 0 amide bonds. The van der Waals surface area contributed by atoms with Crippen molar-refractivity contribution in [3.8, 4) is 5.75 Å². The van der Waals surface area contributed by atoms with Crippen molar-refractivity contribution in [3.63, 3.8) is 0 Å². The van der Waals surface area contributed by atoms with Crippen LogP contribution >= 0.6 is 0 Å². The fourth-order valence-electron chi connectivity index (χ4n) is 3.84. The van der Waals surface area contributed by atoms with Gasteiger partial charge in [-0.1, -0.05) is 18.6 Å². The van der Waals surface area contributed by atoms with Crippen LogP contribution in [0.1, 0.15) is 24.8 Å². The minimum Gasteiger partial charge on any atom is -0.406 e. The summed E-state index contributed by atoms with van der Waals surface area (Å²) in [6.45, 7) is 3.30. The lowest BCUT2D eigenvalue weighted by molar-refractivity contribution is -0.274. The van der Waals surface area contributed by atoms with Gasteiger partial charge >= 0.3 is 6.36 Å². The molecular formula is C18H25F3N2O2. The van der Waals surface area contributed by atoms with Crippen LogP contribution in [0.25, 0.3) is 0 Å². The van der Waals surface area contributed by atoms with E-state index in [4.69, 9.17) is 4.74 Å². The van der Waals surface area contributed by atoms with Gasteiger partial charge in [0.05, 0.1) is 13.2 Å². The van der Waals surface area contributed by atoms with E-state index >= 15 is 0 Å². The zero-order chi connectivity index (χ0) is 17.7. The number of rotatable bonds is 6. The van der Waals surface area contributed by atoms with Crippen LogP contribution in [0.15, 0.2) is 24.3 Å². The van der Waals surface area contributed by atoms with Crippen molar-refractivity contribution >= 4 is 0 Å². The number of hydrogen-bond acceptors (Lipinski definition) is 4. The van der Waals surface area contributed by atoms with Crippen molar-refractivity contribution in [2.75, 3.05) is 26.3 Å². The molecule has 3 atom stereocenters. The lowest BCUT2D eigenvalue weighted by Crippen LogP contribution is -2.51. The molecule has 1 aliphatic heterocycles. The zero-order valence-corrected chi connectivity index (χ0v) is 14.1. The summed E-state index contributed by atoms with van der Waals surface area (Å²) in [5.41, 5.74) is 0.996. The molecule has 0 radical (unpaired) electrons. The SMILES string of the molecule is FC(F)(F)Oc1ccc(CCNC2CCCC2C2COCCN2)cc1. The van der Waals surface area contributed by atoms with Crippen LogP contribution in [0, 0.1) is 5.92 Å². The summed E-state index contributed by atoms with van der Waals surface area (Å²) in [5.74, 6) is 0.409. The monoisotopic (exact) mass is 358 g/mol. The second-order valence-electron chi connectivity index (χ2n) is 6.73. The Morgan fingerprint density at radius 3 is 2.68 bits per heavy atom. The third kappa shape index (κ3) is 5.59. The average Bonchev–Trinajstić information content (AvgIpc) is 3.04. The number of morpholine rings is 1. The molecule has 1 heterocycles. The van der Waals surface area contributed by atoms with Gasteiger partial charge in [-0.25, -0.2) is 0 Å². The average molecular weight is 358 g/mol. The summed E-state index contributed by atoms with van der Waals surface area (Å²) in [4.78, 5) is 0. The van der Waals surface area contributed by atoms with Crippen molar-refractivity contribution in [3.05, 3.63) is 29.8 Å². The predicted octanol–water partition coefficient (Wildman–Crippen LogP) is 2.87. The highest BCUT2D eigenvalue weighted by Gasteiger charge is 2.34. The van der Waals surface area contributed by atoms with Gasteiger partial charge < -0.3 is 20.1 Å². The highest BCUT2D eigenvalue weighted by Crippen LogP contribution is 2.29. The van der Waals surface area contributed by atoms with E-state index in [-0.39, 0.29) is 5.75 Å². The van der Waals surface area contributed by atoms with Crippen molar-refractivity contribution < 1.29 is 22.6 Å². The topological polar surface area (TPSA) is 42.5 Å². The molecule has 2 aliphatic rings. The van der Waals surface area contributed by atoms with Gasteiger partial charge in [0, 0.05) is 18.6 Å². The Kier molecular flexibility index (Phi) is 6.19. The summed E-state index contributed by atoms with van der Waals surface area (Å²) in [7, 11) is 0. The first-order chi connectivity index (χ1) is 12.0. The van der Waals surface area contributed by atoms with Crippen LogP contribution in [0.4, 0.5) is 13.2 Å². The van der Waals surface area contributed by atoms with Crippen molar-refractivity contribution in [2.24, 2.45) is 5.92 Å². The Morgan fingerprint density at radius 1 is 1.20 bits per heavy atom. The Morgan fingerprint density at radius 2 is 2.00 bits per heavy atom. The molecule has 1 aliphatic carbocycles. The van der Waals surface area contributed by atoms with Crippen LogP contribution in [0.2, 0.25) is 0 Å². The van der Waals surface area contributed by atoms with E-state index < -0.39 is 6.36 Å². The molecule has 0 spiro atoms. The summed E-state index contributed by atoms with van der Waals surface area (Å²) in [6.07, 6.45) is -0.255. The smallest absolute Gasteiger partial charge is 0.406 e. The van der Waals surface area contributed by atoms with Crippen molar-refractivity contribution in [1.82, 2.24) is 10.6 Å². The summed E-state index contributed by atoms with van der Waals surface area (Å²) in [5, 5.41) is 7.18. The number of ether oxygens (including phenoxy) is 2. The van der Waals surface area contributed by atoms with Gasteiger partial charge in [-0.3, -0.25) is 0 Å². The lowest BCUT2D eigenvalue weighted by Gasteiger charge is -2.33. The van der Waals surface area contributed by atoms with Crippen LogP contribution in [0.3, 0.4) is 0 Å². The maximum absolute atomic E-state index is 12.2. The van der Waals surface area contributed by atoms with E-state index in [0.717, 1.165) is 38.3 Å². The maximum Gasteiger partial charge on any atom is 0.573 e. The van der Waals surface area contributed by atoms with Gasteiger partial charge in [0.25, 0.3) is 0 Å². The maximum atomic E-state index is 12.2. The molecule has 140 valence electrons. The van der Waals surface area contributed by atoms with Gasteiger partial charge in [-0.2, -0.15) is 0 Å². The van der Waals surface area contributed by atoms with Crippen molar-refractivity contribution in [1.29, 1.82) is 0 Å². The molecule has 7 heteroatoms. The van der Waals surface area contributed by atoms with Gasteiger partial charge in [0.1, 0.15) is 5.75 Å². The first-order valence-corrected chi connectivity index (χ1v) is 8.90. The summed E-state index contributed by atoms with van der Waals surface area (Å²) >= 11 is 0. The Labute approximate surface area is 146 Å². The predicted molar refractivity (Wildman–Crippen MR) is 88.6 cm³/mol. The third-order valence-corrected chi connectivity index (χ3v) is 5.01. The normalized spacial score (nSPS) is 27.4. The fraction of sp³-hybridized carbons (Fsp3) is 0.667. The fourth-order valence-corrected chi connectivity index (χ4v) is 3.84. The number of nitrogens with one attached hydrogen (secondary N) is 2. The molecule has 4 nitrogen and oxygen atoms in total. The lowest BCUT2D eigenvalue weighted by atomic mass is 9.94. The Hall–Kier alpha value is -1.31. The molecule has 3 rings (SSSR count). The third-order valence-electron chi connectivity index (χ3n) is 5.01. The van der Waals surface area contributed by atoms with E-state index in [1.165, 1.54) is 31.4 Å². The summed E-state index contributed by atoms with van der Waals surface area (Å²) in [6, 6.07) is 7.01. The van der Waals surface area contributed by atoms with E-state index in [0.29, 0.717) is 18.0 Å². The number of hydrogen-bond donors (Lipinski definition) is 2. The minimum absolute atomic E-state index is 0.177. The van der Waals surface area contributed by atoms with E-state index in [1.54, 1.807) is 12.1 Å². The van der Waals surface area contributed by atoms with Crippen LogP contribution in [-0.2, 0) is 11.2 Å². The first-order valence-electron chi connectivity index (χ1n) is 8.90. The zero-order valence-electron chi connectivity index (χ0n) is 14.1. The Bertz CT molecular complexity index is 530. The molecule has 0 aromatic heterocycles.